The molecule has 1 fully saturated rings. The van der Waals surface area contributed by atoms with Crippen LogP contribution in [-0.2, 0) is 9.53 Å². The minimum atomic E-state index is -0.246. The van der Waals surface area contributed by atoms with Crippen LogP contribution in [0.1, 0.15) is 40.0 Å². The third kappa shape index (κ3) is 3.11. The summed E-state index contributed by atoms with van der Waals surface area (Å²) in [7, 11) is 0. The van der Waals surface area contributed by atoms with Crippen molar-refractivity contribution >= 4 is 17.5 Å². The van der Waals surface area contributed by atoms with E-state index < -0.39 is 0 Å². The van der Waals surface area contributed by atoms with Gasteiger partial charge in [-0.2, -0.15) is 0 Å². The topological polar surface area (TPSA) is 38.3 Å². The molecule has 1 heterocycles. The van der Waals surface area contributed by atoms with Gasteiger partial charge in [0.15, 0.2) is 0 Å². The van der Waals surface area contributed by atoms with Crippen molar-refractivity contribution in [3.05, 3.63) is 0 Å². The van der Waals surface area contributed by atoms with E-state index in [-0.39, 0.29) is 23.5 Å². The molecule has 0 aromatic carbocycles. The molecule has 0 radical (unpaired) electrons. The van der Waals surface area contributed by atoms with E-state index in [0.717, 1.165) is 19.3 Å². The normalized spacial score (nSPS) is 25.8. The molecule has 1 saturated heterocycles. The lowest BCUT2D eigenvalue weighted by molar-refractivity contribution is -0.126. The molecule has 94 valence electrons. The molecule has 4 heteroatoms. The van der Waals surface area contributed by atoms with E-state index in [9.17, 15) is 4.79 Å². The quantitative estimate of drug-likeness (QED) is 0.758. The third-order valence-electron chi connectivity index (χ3n) is 3.57. The van der Waals surface area contributed by atoms with Gasteiger partial charge in [-0.05, 0) is 26.2 Å². The Balaban J connectivity index is 2.55. The second kappa shape index (κ2) is 5.87. The van der Waals surface area contributed by atoms with Crippen LogP contribution in [0.5, 0.6) is 0 Å². The average Bonchev–Trinajstić information content (AvgIpc) is 2.73. The number of rotatable bonds is 5. The molecule has 2 atom stereocenters. The van der Waals surface area contributed by atoms with Crippen molar-refractivity contribution in [1.29, 1.82) is 0 Å². The maximum absolute atomic E-state index is 12.0. The zero-order valence-corrected chi connectivity index (χ0v) is 11.1. The van der Waals surface area contributed by atoms with Crippen LogP contribution in [0.3, 0.4) is 0 Å². The first kappa shape index (κ1) is 13.8. The summed E-state index contributed by atoms with van der Waals surface area (Å²) in [5, 5.41) is 3.09. The van der Waals surface area contributed by atoms with Crippen LogP contribution in [0.15, 0.2) is 0 Å². The Kier molecular flexibility index (Phi) is 5.06. The maximum atomic E-state index is 12.0. The largest absolute Gasteiger partial charge is 0.378 e. The van der Waals surface area contributed by atoms with Gasteiger partial charge in [0.2, 0.25) is 5.91 Å². The summed E-state index contributed by atoms with van der Waals surface area (Å²) >= 11 is 5.96. The van der Waals surface area contributed by atoms with Crippen LogP contribution in [0.4, 0.5) is 0 Å². The summed E-state index contributed by atoms with van der Waals surface area (Å²) in [6.07, 6.45) is 2.74. The van der Waals surface area contributed by atoms with Gasteiger partial charge in [0.25, 0.3) is 0 Å². The second-order valence-electron chi connectivity index (χ2n) is 4.69. The van der Waals surface area contributed by atoms with Crippen LogP contribution in [0.2, 0.25) is 0 Å². The van der Waals surface area contributed by atoms with Gasteiger partial charge in [0.1, 0.15) is 0 Å². The van der Waals surface area contributed by atoms with Crippen molar-refractivity contribution in [3.63, 3.8) is 0 Å². The first-order valence-corrected chi connectivity index (χ1v) is 6.60. The highest BCUT2D eigenvalue weighted by molar-refractivity contribution is 6.18. The van der Waals surface area contributed by atoms with Gasteiger partial charge in [0.05, 0.1) is 24.2 Å². The van der Waals surface area contributed by atoms with Gasteiger partial charge in [-0.15, -0.1) is 11.6 Å². The molecule has 1 aliphatic heterocycles. The van der Waals surface area contributed by atoms with Crippen molar-refractivity contribution in [3.8, 4) is 0 Å². The summed E-state index contributed by atoms with van der Waals surface area (Å²) in [4.78, 5) is 12.0. The van der Waals surface area contributed by atoms with Gasteiger partial charge >= 0.3 is 0 Å². The summed E-state index contributed by atoms with van der Waals surface area (Å²) < 4.78 is 5.41. The molecule has 0 aromatic rings. The first-order valence-electron chi connectivity index (χ1n) is 6.06. The molecule has 0 saturated carbocycles. The molecule has 0 spiro atoms. The Labute approximate surface area is 103 Å². The smallest absolute Gasteiger partial charge is 0.226 e. The number of nitrogens with one attached hydrogen (secondary N) is 1. The van der Waals surface area contributed by atoms with E-state index in [2.05, 4.69) is 19.2 Å². The SMILES string of the molecule is CCC(CC)(CCl)NC(=O)C1COC(C)C1. The number of hydrogen-bond acceptors (Lipinski definition) is 2. The molecule has 3 nitrogen and oxygen atoms in total. The zero-order chi connectivity index (χ0) is 12.2. The minimum absolute atomic E-state index is 0.00399. The van der Waals surface area contributed by atoms with Crippen LogP contribution < -0.4 is 5.32 Å². The van der Waals surface area contributed by atoms with Crippen LogP contribution in [0.25, 0.3) is 0 Å². The molecule has 1 N–H and O–H groups in total. The Morgan fingerprint density at radius 2 is 2.12 bits per heavy atom. The van der Waals surface area contributed by atoms with E-state index in [0.29, 0.717) is 12.5 Å². The van der Waals surface area contributed by atoms with Crippen LogP contribution >= 0.6 is 11.6 Å². The van der Waals surface area contributed by atoms with Gasteiger partial charge in [0, 0.05) is 5.88 Å². The second-order valence-corrected chi connectivity index (χ2v) is 4.95. The van der Waals surface area contributed by atoms with Crippen molar-refractivity contribution in [2.45, 2.75) is 51.7 Å². The fraction of sp³-hybridized carbons (Fsp3) is 0.917. The highest BCUT2D eigenvalue weighted by Crippen LogP contribution is 2.22. The molecule has 0 aliphatic carbocycles. The monoisotopic (exact) mass is 247 g/mol. The number of amides is 1. The molecule has 2 unspecified atom stereocenters. The highest BCUT2D eigenvalue weighted by atomic mass is 35.5. The Morgan fingerprint density at radius 3 is 2.50 bits per heavy atom. The zero-order valence-electron chi connectivity index (χ0n) is 10.4. The molecule has 16 heavy (non-hydrogen) atoms. The van der Waals surface area contributed by atoms with Crippen molar-refractivity contribution in [2.24, 2.45) is 5.92 Å². The lowest BCUT2D eigenvalue weighted by Crippen LogP contribution is -2.51. The van der Waals surface area contributed by atoms with Gasteiger partial charge in [-0.25, -0.2) is 0 Å². The highest BCUT2D eigenvalue weighted by Gasteiger charge is 2.33. The standard InChI is InChI=1S/C12H22ClNO2/c1-4-12(5-2,8-13)14-11(15)10-6-9(3)16-7-10/h9-10H,4-8H2,1-3H3,(H,14,15). The van der Waals surface area contributed by atoms with Crippen LogP contribution in [-0.4, -0.2) is 30.0 Å². The number of carbonyl (C=O) groups excluding carboxylic acids is 1. The fourth-order valence-electron chi connectivity index (χ4n) is 2.01. The van der Waals surface area contributed by atoms with Crippen LogP contribution in [0, 0.1) is 5.92 Å². The molecule has 1 amide bonds. The van der Waals surface area contributed by atoms with Crippen molar-refractivity contribution in [1.82, 2.24) is 5.32 Å². The molecule has 0 bridgehead atoms. The number of hydrogen-bond donors (Lipinski definition) is 1. The van der Waals surface area contributed by atoms with Gasteiger partial charge in [-0.3, -0.25) is 4.79 Å². The lowest BCUT2D eigenvalue weighted by Gasteiger charge is -2.31. The number of alkyl halides is 1. The van der Waals surface area contributed by atoms with E-state index in [1.807, 2.05) is 6.92 Å². The Morgan fingerprint density at radius 1 is 1.50 bits per heavy atom. The third-order valence-corrected chi connectivity index (χ3v) is 4.08. The molecular formula is C12H22ClNO2. The molecular weight excluding hydrogens is 226 g/mol. The molecule has 1 rings (SSSR count). The minimum Gasteiger partial charge on any atom is -0.378 e. The van der Waals surface area contributed by atoms with E-state index in [1.165, 1.54) is 0 Å². The maximum Gasteiger partial charge on any atom is 0.226 e. The summed E-state index contributed by atoms with van der Waals surface area (Å²) in [5.74, 6) is 0.555. The van der Waals surface area contributed by atoms with E-state index >= 15 is 0 Å². The van der Waals surface area contributed by atoms with Gasteiger partial charge < -0.3 is 10.1 Å². The lowest BCUT2D eigenvalue weighted by atomic mass is 9.93. The molecule has 1 aliphatic rings. The predicted molar refractivity (Wildman–Crippen MR) is 65.7 cm³/mol. The van der Waals surface area contributed by atoms with Crippen molar-refractivity contribution in [2.75, 3.05) is 12.5 Å². The summed E-state index contributed by atoms with van der Waals surface area (Å²) in [6, 6.07) is 0. The average molecular weight is 248 g/mol. The van der Waals surface area contributed by atoms with E-state index in [4.69, 9.17) is 16.3 Å². The Bertz CT molecular complexity index is 233. The first-order chi connectivity index (χ1) is 7.56. The van der Waals surface area contributed by atoms with E-state index in [1.54, 1.807) is 0 Å². The summed E-state index contributed by atoms with van der Waals surface area (Å²) in [5.41, 5.74) is -0.246. The Hall–Kier alpha value is -0.280. The fourth-order valence-corrected chi connectivity index (χ4v) is 2.46. The molecule has 0 aromatic heterocycles. The number of carbonyl (C=O) groups is 1. The number of halogens is 1. The number of ether oxygens (including phenoxy) is 1. The van der Waals surface area contributed by atoms with Crippen molar-refractivity contribution < 1.29 is 9.53 Å². The summed E-state index contributed by atoms with van der Waals surface area (Å²) in [6.45, 7) is 6.65. The predicted octanol–water partition coefficient (Wildman–Crippen LogP) is 2.33. The van der Waals surface area contributed by atoms with Gasteiger partial charge in [-0.1, -0.05) is 13.8 Å².